The molecule has 0 amide bonds. The molecule has 4 heterocycles. The van der Waals surface area contributed by atoms with Crippen LogP contribution in [0.3, 0.4) is 0 Å². The summed E-state index contributed by atoms with van der Waals surface area (Å²) in [4.78, 5) is 13.9. The number of benzene rings is 1. The zero-order valence-electron chi connectivity index (χ0n) is 16.2. The van der Waals surface area contributed by atoms with Gasteiger partial charge in [-0.2, -0.15) is 8.82 Å². The van der Waals surface area contributed by atoms with Gasteiger partial charge in [-0.1, -0.05) is 0 Å². The highest BCUT2D eigenvalue weighted by molar-refractivity contribution is 7.89. The van der Waals surface area contributed by atoms with Gasteiger partial charge < -0.3 is 9.32 Å². The van der Waals surface area contributed by atoms with Gasteiger partial charge in [-0.3, -0.25) is 4.57 Å². The monoisotopic (exact) mass is 429 g/mol. The highest BCUT2D eigenvalue weighted by Crippen LogP contribution is 2.23. The molecule has 0 radical (unpaired) electrons. The number of hydrogen-bond acceptors (Lipinski definition) is 8. The summed E-state index contributed by atoms with van der Waals surface area (Å²) in [7, 11) is -2.16. The fourth-order valence-corrected chi connectivity index (χ4v) is 5.16. The van der Waals surface area contributed by atoms with E-state index < -0.39 is 15.8 Å². The van der Waals surface area contributed by atoms with Gasteiger partial charge in [0.2, 0.25) is 10.0 Å². The molecule has 1 aromatic carbocycles. The lowest BCUT2D eigenvalue weighted by molar-refractivity contribution is 0.433. The summed E-state index contributed by atoms with van der Waals surface area (Å²) < 4.78 is 35.9. The first-order chi connectivity index (χ1) is 14.4. The molecule has 1 aliphatic heterocycles. The number of aromatic nitrogens is 5. The first-order valence-electron chi connectivity index (χ1n) is 9.45. The molecule has 0 N–H and O–H groups in total. The molecule has 0 atom stereocenters. The summed E-state index contributed by atoms with van der Waals surface area (Å²) in [6.07, 6.45) is 2.19. The topological polar surface area (TPSA) is 119 Å². The molecule has 1 fully saturated rings. The van der Waals surface area contributed by atoms with Crippen LogP contribution in [0.25, 0.3) is 16.7 Å². The Labute approximate surface area is 171 Å². The highest BCUT2D eigenvalue weighted by atomic mass is 32.2. The molecule has 1 saturated heterocycles. The minimum Gasteiger partial charge on any atom is -0.408 e. The highest BCUT2D eigenvalue weighted by Gasteiger charge is 2.28. The summed E-state index contributed by atoms with van der Waals surface area (Å²) >= 11 is 0. The maximum absolute atomic E-state index is 13.2. The SMILES string of the molecule is Cn1c(=O)oc2ccc(S(=O)(=O)N3CCCN(c4ccc5nncn5n4)CC3)cc21. The molecule has 0 saturated carbocycles. The molecule has 0 bridgehead atoms. The summed E-state index contributed by atoms with van der Waals surface area (Å²) in [5.74, 6) is 0.221. The Hall–Kier alpha value is -3.25. The molecule has 0 aliphatic carbocycles. The second-order valence-corrected chi connectivity index (χ2v) is 9.06. The normalized spacial score (nSPS) is 16.4. The van der Waals surface area contributed by atoms with Gasteiger partial charge in [0, 0.05) is 33.2 Å². The van der Waals surface area contributed by atoms with Crippen molar-refractivity contribution in [3.8, 4) is 0 Å². The van der Waals surface area contributed by atoms with Gasteiger partial charge in [0.05, 0.1) is 10.4 Å². The Morgan fingerprint density at radius 3 is 2.80 bits per heavy atom. The first kappa shape index (κ1) is 18.8. The minimum absolute atomic E-state index is 0.142. The summed E-state index contributed by atoms with van der Waals surface area (Å²) in [6.45, 7) is 1.91. The van der Waals surface area contributed by atoms with E-state index in [2.05, 4.69) is 20.2 Å². The number of hydrogen-bond donors (Lipinski definition) is 0. The van der Waals surface area contributed by atoms with Gasteiger partial charge in [-0.25, -0.2) is 13.2 Å². The molecule has 30 heavy (non-hydrogen) atoms. The van der Waals surface area contributed by atoms with Gasteiger partial charge >= 0.3 is 5.76 Å². The van der Waals surface area contributed by atoms with Crippen LogP contribution in [0.15, 0.2) is 50.8 Å². The summed E-state index contributed by atoms with van der Waals surface area (Å²) in [5, 5.41) is 12.3. The van der Waals surface area contributed by atoms with E-state index in [9.17, 15) is 13.2 Å². The number of oxazole rings is 1. The van der Waals surface area contributed by atoms with Crippen molar-refractivity contribution in [1.29, 1.82) is 0 Å². The largest absolute Gasteiger partial charge is 0.419 e. The van der Waals surface area contributed by atoms with E-state index in [1.54, 1.807) is 11.6 Å². The number of rotatable bonds is 3. The van der Waals surface area contributed by atoms with E-state index in [0.717, 1.165) is 5.82 Å². The Morgan fingerprint density at radius 1 is 1.07 bits per heavy atom. The molecule has 4 aromatic rings. The molecule has 11 nitrogen and oxygen atoms in total. The lowest BCUT2D eigenvalue weighted by Gasteiger charge is -2.22. The number of anilines is 1. The van der Waals surface area contributed by atoms with Crippen LogP contribution in [0.2, 0.25) is 0 Å². The van der Waals surface area contributed by atoms with Crippen LogP contribution in [0.4, 0.5) is 5.82 Å². The summed E-state index contributed by atoms with van der Waals surface area (Å²) in [5.41, 5.74) is 1.46. The fraction of sp³-hybridized carbons (Fsp3) is 0.333. The van der Waals surface area contributed by atoms with Crippen molar-refractivity contribution in [3.05, 3.63) is 47.2 Å². The van der Waals surface area contributed by atoms with Crippen LogP contribution < -0.4 is 10.7 Å². The zero-order chi connectivity index (χ0) is 20.9. The number of nitrogens with zero attached hydrogens (tertiary/aromatic N) is 7. The quantitative estimate of drug-likeness (QED) is 0.461. The van der Waals surface area contributed by atoms with E-state index in [1.807, 2.05) is 12.1 Å². The van der Waals surface area contributed by atoms with Gasteiger partial charge in [0.25, 0.3) is 0 Å². The smallest absolute Gasteiger partial charge is 0.408 e. The van der Waals surface area contributed by atoms with Crippen LogP contribution in [0.5, 0.6) is 0 Å². The van der Waals surface area contributed by atoms with Crippen LogP contribution in [-0.4, -0.2) is 63.3 Å². The minimum atomic E-state index is -3.71. The van der Waals surface area contributed by atoms with Crippen molar-refractivity contribution >= 4 is 32.6 Å². The van der Waals surface area contributed by atoms with Crippen LogP contribution in [0, 0.1) is 0 Å². The Balaban J connectivity index is 1.40. The van der Waals surface area contributed by atoms with Crippen LogP contribution >= 0.6 is 0 Å². The van der Waals surface area contributed by atoms with Crippen molar-refractivity contribution < 1.29 is 12.8 Å². The van der Waals surface area contributed by atoms with Crippen molar-refractivity contribution in [2.75, 3.05) is 31.1 Å². The average Bonchev–Trinajstić information content (AvgIpc) is 3.21. The number of sulfonamides is 1. The Bertz CT molecular complexity index is 1400. The third-order valence-electron chi connectivity index (χ3n) is 5.33. The van der Waals surface area contributed by atoms with E-state index in [1.165, 1.54) is 33.4 Å². The Kier molecular flexibility index (Phi) is 4.33. The van der Waals surface area contributed by atoms with Gasteiger partial charge in [0.15, 0.2) is 11.2 Å². The maximum Gasteiger partial charge on any atom is 0.419 e. The van der Waals surface area contributed by atoms with Gasteiger partial charge in [0.1, 0.15) is 12.1 Å². The van der Waals surface area contributed by atoms with Crippen molar-refractivity contribution in [2.45, 2.75) is 11.3 Å². The molecule has 0 unspecified atom stereocenters. The van der Waals surface area contributed by atoms with Crippen molar-refractivity contribution in [1.82, 2.24) is 28.7 Å². The molecule has 1 aliphatic rings. The van der Waals surface area contributed by atoms with Gasteiger partial charge in [-0.05, 0) is 36.8 Å². The molecular weight excluding hydrogens is 410 g/mol. The molecule has 156 valence electrons. The zero-order valence-corrected chi connectivity index (χ0v) is 17.0. The average molecular weight is 429 g/mol. The second kappa shape index (κ2) is 6.92. The predicted octanol–water partition coefficient (Wildman–Crippen LogP) is 0.470. The summed E-state index contributed by atoms with van der Waals surface area (Å²) in [6, 6.07) is 8.18. The van der Waals surface area contributed by atoms with Crippen molar-refractivity contribution in [3.63, 3.8) is 0 Å². The maximum atomic E-state index is 13.2. The molecule has 12 heteroatoms. The molecule has 5 rings (SSSR count). The van der Waals surface area contributed by atoms with Gasteiger partial charge in [-0.15, -0.1) is 15.3 Å². The second-order valence-electron chi connectivity index (χ2n) is 7.13. The lowest BCUT2D eigenvalue weighted by atomic mass is 10.3. The standard InChI is InChI=1S/C18H19N7O4S/c1-22-14-11-13(3-4-15(14)29-18(22)26)30(27,28)24-8-2-7-23(9-10-24)17-6-5-16-20-19-12-25(16)21-17/h3-6,11-12H,2,7-10H2,1H3. The molecular formula is C18H19N7O4S. The number of aryl methyl sites for hydroxylation is 1. The molecule has 3 aromatic heterocycles. The first-order valence-corrected chi connectivity index (χ1v) is 10.9. The fourth-order valence-electron chi connectivity index (χ4n) is 3.67. The van der Waals surface area contributed by atoms with E-state index >= 15 is 0 Å². The van der Waals surface area contributed by atoms with Crippen LogP contribution in [0.1, 0.15) is 6.42 Å². The van der Waals surface area contributed by atoms with Crippen molar-refractivity contribution in [2.24, 2.45) is 7.05 Å². The number of fused-ring (bicyclic) bond motifs is 2. The third-order valence-corrected chi connectivity index (χ3v) is 7.22. The third kappa shape index (κ3) is 3.04. The predicted molar refractivity (Wildman–Crippen MR) is 108 cm³/mol. The van der Waals surface area contributed by atoms with E-state index in [-0.39, 0.29) is 4.90 Å². The van der Waals surface area contributed by atoms with Crippen LogP contribution in [-0.2, 0) is 17.1 Å². The lowest BCUT2D eigenvalue weighted by Crippen LogP contribution is -2.35. The molecule has 0 spiro atoms. The van der Waals surface area contributed by atoms with E-state index in [4.69, 9.17) is 4.42 Å². The van der Waals surface area contributed by atoms with E-state index in [0.29, 0.717) is 49.3 Å². The Morgan fingerprint density at radius 2 is 1.93 bits per heavy atom.